The maximum absolute atomic E-state index is 12.0. The number of hydrogen-bond acceptors (Lipinski definition) is 4. The molecule has 2 aromatic rings. The zero-order chi connectivity index (χ0) is 13.8. The molecule has 96 valence electrons. The van der Waals surface area contributed by atoms with Crippen LogP contribution in [0.5, 0.6) is 0 Å². The van der Waals surface area contributed by atoms with Crippen molar-refractivity contribution in [2.75, 3.05) is 5.32 Å². The second-order valence-corrected chi connectivity index (χ2v) is 3.90. The number of carbonyl (C=O) groups is 1. The van der Waals surface area contributed by atoms with Gasteiger partial charge in [0.15, 0.2) is 0 Å². The van der Waals surface area contributed by atoms with E-state index < -0.39 is 10.8 Å². The molecule has 0 aliphatic rings. The van der Waals surface area contributed by atoms with Crippen molar-refractivity contribution in [2.24, 2.45) is 0 Å². The number of nitrogens with zero attached hydrogens (tertiary/aromatic N) is 2. The van der Waals surface area contributed by atoms with Crippen molar-refractivity contribution in [3.63, 3.8) is 0 Å². The molecule has 0 atom stereocenters. The number of para-hydroxylation sites is 1. The van der Waals surface area contributed by atoms with Crippen molar-refractivity contribution >= 4 is 17.3 Å². The number of aromatic nitrogens is 1. The highest BCUT2D eigenvalue weighted by atomic mass is 16.6. The van der Waals surface area contributed by atoms with Gasteiger partial charge in [0.05, 0.1) is 16.2 Å². The van der Waals surface area contributed by atoms with Crippen LogP contribution in [-0.2, 0) is 0 Å². The maximum atomic E-state index is 12.0. The molecule has 1 heterocycles. The van der Waals surface area contributed by atoms with E-state index in [9.17, 15) is 14.9 Å². The fourth-order valence-corrected chi connectivity index (χ4v) is 1.57. The number of rotatable bonds is 3. The van der Waals surface area contributed by atoms with E-state index in [1.54, 1.807) is 31.2 Å². The zero-order valence-corrected chi connectivity index (χ0v) is 10.2. The van der Waals surface area contributed by atoms with Gasteiger partial charge in [0, 0.05) is 11.8 Å². The van der Waals surface area contributed by atoms with Crippen LogP contribution in [0.15, 0.2) is 42.6 Å². The van der Waals surface area contributed by atoms with Gasteiger partial charge in [-0.15, -0.1) is 0 Å². The number of amides is 1. The quantitative estimate of drug-likeness (QED) is 0.676. The third-order valence-electron chi connectivity index (χ3n) is 2.56. The highest BCUT2D eigenvalue weighted by Gasteiger charge is 2.15. The van der Waals surface area contributed by atoms with Crippen LogP contribution >= 0.6 is 0 Å². The van der Waals surface area contributed by atoms with Crippen LogP contribution in [0.25, 0.3) is 0 Å². The molecule has 0 unspecified atom stereocenters. The van der Waals surface area contributed by atoms with Gasteiger partial charge in [-0.3, -0.25) is 19.9 Å². The van der Waals surface area contributed by atoms with Crippen LogP contribution in [0.1, 0.15) is 16.1 Å². The van der Waals surface area contributed by atoms with E-state index in [0.29, 0.717) is 11.4 Å². The van der Waals surface area contributed by atoms with Crippen LogP contribution in [0.4, 0.5) is 11.4 Å². The van der Waals surface area contributed by atoms with Gasteiger partial charge in [0.2, 0.25) is 0 Å². The summed E-state index contributed by atoms with van der Waals surface area (Å²) >= 11 is 0. The van der Waals surface area contributed by atoms with E-state index >= 15 is 0 Å². The van der Waals surface area contributed by atoms with E-state index in [0.717, 1.165) is 6.20 Å². The molecule has 19 heavy (non-hydrogen) atoms. The van der Waals surface area contributed by atoms with E-state index in [1.165, 1.54) is 6.07 Å². The lowest BCUT2D eigenvalue weighted by atomic mass is 10.1. The molecule has 6 nitrogen and oxygen atoms in total. The fraction of sp³-hybridized carbons (Fsp3) is 0.0769. The number of anilines is 1. The van der Waals surface area contributed by atoms with Gasteiger partial charge in [-0.25, -0.2) is 0 Å². The lowest BCUT2D eigenvalue weighted by molar-refractivity contribution is -0.385. The van der Waals surface area contributed by atoms with Gasteiger partial charge in [-0.05, 0) is 19.1 Å². The molecule has 0 saturated carbocycles. The zero-order valence-electron chi connectivity index (χ0n) is 10.2. The Morgan fingerprint density at radius 2 is 2.00 bits per heavy atom. The highest BCUT2D eigenvalue weighted by molar-refractivity contribution is 6.05. The molecule has 0 aliphatic carbocycles. The minimum absolute atomic E-state index is 0.193. The molecule has 0 spiro atoms. The van der Waals surface area contributed by atoms with Gasteiger partial charge < -0.3 is 5.32 Å². The van der Waals surface area contributed by atoms with Crippen LogP contribution in [0.3, 0.4) is 0 Å². The molecule has 1 aromatic heterocycles. The molecular formula is C13H11N3O3. The molecule has 2 rings (SSSR count). The lowest BCUT2D eigenvalue weighted by Crippen LogP contribution is -2.14. The number of nitro groups is 1. The fourth-order valence-electron chi connectivity index (χ4n) is 1.57. The first-order valence-corrected chi connectivity index (χ1v) is 5.55. The van der Waals surface area contributed by atoms with Crippen LogP contribution < -0.4 is 5.32 Å². The Labute approximate surface area is 109 Å². The Hall–Kier alpha value is -2.76. The van der Waals surface area contributed by atoms with Crippen LogP contribution in [-0.4, -0.2) is 15.8 Å². The Morgan fingerprint density at radius 1 is 1.32 bits per heavy atom. The van der Waals surface area contributed by atoms with E-state index in [1.807, 2.05) is 6.07 Å². The summed E-state index contributed by atoms with van der Waals surface area (Å²) in [6.45, 7) is 1.63. The van der Waals surface area contributed by atoms with Crippen LogP contribution in [0.2, 0.25) is 0 Å². The average molecular weight is 257 g/mol. The largest absolute Gasteiger partial charge is 0.322 e. The molecule has 0 bridgehead atoms. The number of aryl methyl sites for hydroxylation is 1. The topological polar surface area (TPSA) is 85.1 Å². The highest BCUT2D eigenvalue weighted by Crippen LogP contribution is 2.16. The summed E-state index contributed by atoms with van der Waals surface area (Å²) in [6, 6.07) is 10.1. The van der Waals surface area contributed by atoms with Gasteiger partial charge >= 0.3 is 0 Å². The van der Waals surface area contributed by atoms with Crippen molar-refractivity contribution in [1.29, 1.82) is 0 Å². The Morgan fingerprint density at radius 3 is 2.63 bits per heavy atom. The first-order chi connectivity index (χ1) is 9.08. The summed E-state index contributed by atoms with van der Waals surface area (Å²) in [6.07, 6.45) is 1.13. The van der Waals surface area contributed by atoms with Gasteiger partial charge in [-0.1, -0.05) is 18.2 Å². The monoisotopic (exact) mass is 257 g/mol. The van der Waals surface area contributed by atoms with Gasteiger partial charge in [0.25, 0.3) is 11.6 Å². The second kappa shape index (κ2) is 5.26. The third-order valence-corrected chi connectivity index (χ3v) is 2.56. The summed E-state index contributed by atoms with van der Waals surface area (Å²) < 4.78 is 0. The smallest absolute Gasteiger partial charge is 0.288 e. The van der Waals surface area contributed by atoms with Crippen molar-refractivity contribution in [2.45, 2.75) is 6.92 Å². The number of hydrogen-bond donors (Lipinski definition) is 1. The predicted octanol–water partition coefficient (Wildman–Crippen LogP) is 2.55. The SMILES string of the molecule is Cc1ncc([N+](=O)[O-])cc1C(=O)Nc1ccccc1. The standard InChI is InChI=1S/C13H11N3O3/c1-9-12(7-11(8-14-9)16(18)19)13(17)15-10-5-3-2-4-6-10/h2-8H,1H3,(H,15,17). The third kappa shape index (κ3) is 2.92. The number of nitrogens with one attached hydrogen (secondary N) is 1. The summed E-state index contributed by atoms with van der Waals surface area (Å²) in [7, 11) is 0. The molecule has 0 aliphatic heterocycles. The number of carbonyl (C=O) groups excluding carboxylic acids is 1. The molecule has 1 amide bonds. The van der Waals surface area contributed by atoms with E-state index in [-0.39, 0.29) is 11.3 Å². The maximum Gasteiger partial charge on any atom is 0.288 e. The summed E-state index contributed by atoms with van der Waals surface area (Å²) in [4.78, 5) is 26.0. The first-order valence-electron chi connectivity index (χ1n) is 5.55. The van der Waals surface area contributed by atoms with Crippen molar-refractivity contribution in [3.05, 3.63) is 64.0 Å². The second-order valence-electron chi connectivity index (χ2n) is 3.90. The molecule has 0 saturated heterocycles. The lowest BCUT2D eigenvalue weighted by Gasteiger charge is -2.06. The van der Waals surface area contributed by atoms with E-state index in [2.05, 4.69) is 10.3 Å². The van der Waals surface area contributed by atoms with E-state index in [4.69, 9.17) is 0 Å². The Kier molecular flexibility index (Phi) is 3.51. The number of pyridine rings is 1. The van der Waals surface area contributed by atoms with Gasteiger partial charge in [-0.2, -0.15) is 0 Å². The average Bonchev–Trinajstić information content (AvgIpc) is 2.40. The van der Waals surface area contributed by atoms with Crippen molar-refractivity contribution in [3.8, 4) is 0 Å². The molecule has 0 radical (unpaired) electrons. The molecule has 0 fully saturated rings. The summed E-state index contributed by atoms with van der Waals surface area (Å²) in [5, 5.41) is 13.3. The summed E-state index contributed by atoms with van der Waals surface area (Å²) in [5.41, 5.74) is 1.05. The normalized spacial score (nSPS) is 9.95. The van der Waals surface area contributed by atoms with Gasteiger partial charge in [0.1, 0.15) is 6.20 Å². The van der Waals surface area contributed by atoms with Crippen molar-refractivity contribution in [1.82, 2.24) is 4.98 Å². The molecule has 1 N–H and O–H groups in total. The number of benzene rings is 1. The molecular weight excluding hydrogens is 246 g/mol. The van der Waals surface area contributed by atoms with Crippen LogP contribution in [0, 0.1) is 17.0 Å². The summed E-state index contributed by atoms with van der Waals surface area (Å²) in [5.74, 6) is -0.417. The molecule has 1 aromatic carbocycles. The Bertz CT molecular complexity index is 626. The predicted molar refractivity (Wildman–Crippen MR) is 70.0 cm³/mol. The molecule has 6 heteroatoms. The van der Waals surface area contributed by atoms with Crippen molar-refractivity contribution < 1.29 is 9.72 Å². The first kappa shape index (κ1) is 12.7. The minimum Gasteiger partial charge on any atom is -0.322 e. The minimum atomic E-state index is -0.578. The Balaban J connectivity index is 2.28.